The Morgan fingerprint density at radius 2 is 1.97 bits per heavy atom. The number of aliphatic imine (C=N–C) groups is 1. The first-order valence-electron chi connectivity index (χ1n) is 9.28. The van der Waals surface area contributed by atoms with E-state index >= 15 is 0 Å². The lowest BCUT2D eigenvalue weighted by Gasteiger charge is -2.17. The Morgan fingerprint density at radius 1 is 1.07 bits per heavy atom. The summed E-state index contributed by atoms with van der Waals surface area (Å²) in [7, 11) is 0. The summed E-state index contributed by atoms with van der Waals surface area (Å²) in [6.07, 6.45) is 3.41. The molecule has 0 radical (unpaired) electrons. The Balaban J connectivity index is 1.54. The molecule has 3 heterocycles. The van der Waals surface area contributed by atoms with Crippen LogP contribution in [0.4, 0.5) is 11.4 Å². The largest absolute Gasteiger partial charge is 0.338 e. The number of carbonyl (C=O) groups is 1. The van der Waals surface area contributed by atoms with E-state index in [4.69, 9.17) is 0 Å². The van der Waals surface area contributed by atoms with Crippen LogP contribution in [0.15, 0.2) is 65.9 Å². The zero-order valence-electron chi connectivity index (χ0n) is 15.7. The van der Waals surface area contributed by atoms with Crippen LogP contribution in [0.5, 0.6) is 0 Å². The van der Waals surface area contributed by atoms with E-state index in [1.54, 1.807) is 12.4 Å². The lowest BCUT2D eigenvalue weighted by atomic mass is 10.0. The maximum Gasteiger partial charge on any atom is 0.221 e. The van der Waals surface area contributed by atoms with Crippen molar-refractivity contribution < 1.29 is 4.79 Å². The second kappa shape index (κ2) is 6.87. The summed E-state index contributed by atoms with van der Waals surface area (Å²) in [6.45, 7) is 2.10. The molecule has 0 saturated heterocycles. The van der Waals surface area contributed by atoms with Gasteiger partial charge in [-0.2, -0.15) is 5.10 Å². The van der Waals surface area contributed by atoms with Crippen molar-refractivity contribution in [2.45, 2.75) is 13.5 Å². The summed E-state index contributed by atoms with van der Waals surface area (Å²) >= 11 is 0. The highest BCUT2D eigenvalue weighted by atomic mass is 16.1. The third-order valence-corrected chi connectivity index (χ3v) is 4.86. The van der Waals surface area contributed by atoms with Crippen LogP contribution in [0, 0.1) is 0 Å². The summed E-state index contributed by atoms with van der Waals surface area (Å²) in [5, 5.41) is 14.7. The van der Waals surface area contributed by atoms with Crippen LogP contribution in [0.3, 0.4) is 0 Å². The van der Waals surface area contributed by atoms with E-state index in [1.165, 1.54) is 6.92 Å². The van der Waals surface area contributed by atoms with Crippen molar-refractivity contribution in [3.63, 3.8) is 0 Å². The number of hydrogen-bond donors (Lipinski definition) is 3. The van der Waals surface area contributed by atoms with Gasteiger partial charge in [-0.1, -0.05) is 24.3 Å². The van der Waals surface area contributed by atoms with E-state index in [9.17, 15) is 4.79 Å². The SMILES string of the molecule is CC(=O)Nc1cncc(-c2ccc3[nH]nc(C4=NCc5ccccc5N4)c3c2)c1. The highest BCUT2D eigenvalue weighted by Crippen LogP contribution is 2.28. The average Bonchev–Trinajstić information content (AvgIpc) is 3.16. The number of aromatic amines is 1. The molecule has 0 atom stereocenters. The van der Waals surface area contributed by atoms with Gasteiger partial charge >= 0.3 is 0 Å². The number of benzene rings is 2. The maximum absolute atomic E-state index is 11.3. The maximum atomic E-state index is 11.3. The third-order valence-electron chi connectivity index (χ3n) is 4.86. The van der Waals surface area contributed by atoms with E-state index in [2.05, 4.69) is 42.9 Å². The van der Waals surface area contributed by atoms with Gasteiger partial charge in [-0.15, -0.1) is 0 Å². The standard InChI is InChI=1S/C22H18N6O/c1-13(29)25-17-8-16(10-23-12-17)14-6-7-20-18(9-14)21(28-27-20)22-24-11-15-4-2-3-5-19(15)26-22/h2-10,12H,11H2,1H3,(H,24,26)(H,25,29)(H,27,28). The lowest BCUT2D eigenvalue weighted by Crippen LogP contribution is -2.19. The number of fused-ring (bicyclic) bond motifs is 2. The van der Waals surface area contributed by atoms with E-state index in [1.807, 2.05) is 36.4 Å². The number of hydrogen-bond acceptors (Lipinski definition) is 5. The summed E-state index contributed by atoms with van der Waals surface area (Å²) in [5.41, 5.74) is 6.48. The topological polar surface area (TPSA) is 95.1 Å². The van der Waals surface area contributed by atoms with Crippen molar-refractivity contribution >= 4 is 34.0 Å². The molecular weight excluding hydrogens is 364 g/mol. The normalized spacial score (nSPS) is 12.8. The van der Waals surface area contributed by atoms with Gasteiger partial charge in [-0.3, -0.25) is 19.9 Å². The molecule has 0 aliphatic carbocycles. The minimum absolute atomic E-state index is 0.127. The molecule has 0 spiro atoms. The first kappa shape index (κ1) is 17.1. The fraction of sp³-hybridized carbons (Fsp3) is 0.0909. The molecule has 7 heteroatoms. The van der Waals surface area contributed by atoms with Crippen molar-refractivity contribution in [2.75, 3.05) is 10.6 Å². The summed E-state index contributed by atoms with van der Waals surface area (Å²) in [4.78, 5) is 20.3. The number of anilines is 2. The minimum atomic E-state index is -0.127. The number of pyridine rings is 1. The highest BCUT2D eigenvalue weighted by molar-refractivity contribution is 6.15. The molecule has 1 aliphatic rings. The van der Waals surface area contributed by atoms with E-state index in [-0.39, 0.29) is 5.91 Å². The molecule has 142 valence electrons. The zero-order valence-corrected chi connectivity index (χ0v) is 15.7. The summed E-state index contributed by atoms with van der Waals surface area (Å²) in [6, 6.07) is 16.1. The van der Waals surface area contributed by atoms with Gasteiger partial charge in [-0.05, 0) is 35.4 Å². The Bertz CT molecular complexity index is 1270. The monoisotopic (exact) mass is 382 g/mol. The molecule has 7 nitrogen and oxygen atoms in total. The molecule has 0 fully saturated rings. The second-order valence-corrected chi connectivity index (χ2v) is 6.92. The van der Waals surface area contributed by atoms with Gasteiger partial charge in [0.25, 0.3) is 0 Å². The van der Waals surface area contributed by atoms with Gasteiger partial charge in [0.1, 0.15) is 5.69 Å². The number of nitrogens with zero attached hydrogens (tertiary/aromatic N) is 3. The van der Waals surface area contributed by atoms with Gasteiger partial charge in [0, 0.05) is 29.8 Å². The van der Waals surface area contributed by atoms with Gasteiger partial charge in [0.05, 0.1) is 23.9 Å². The van der Waals surface area contributed by atoms with E-state index in [0.29, 0.717) is 12.2 Å². The number of para-hydroxylation sites is 1. The quantitative estimate of drug-likeness (QED) is 0.500. The number of rotatable bonds is 3. The predicted octanol–water partition coefficient (Wildman–Crippen LogP) is 3.96. The van der Waals surface area contributed by atoms with Crippen LogP contribution in [-0.4, -0.2) is 26.9 Å². The second-order valence-electron chi connectivity index (χ2n) is 6.92. The van der Waals surface area contributed by atoms with Crippen LogP contribution in [0.1, 0.15) is 18.2 Å². The van der Waals surface area contributed by atoms with Crippen LogP contribution in [0.25, 0.3) is 22.0 Å². The van der Waals surface area contributed by atoms with Gasteiger partial charge in [-0.25, -0.2) is 0 Å². The molecule has 2 aromatic carbocycles. The molecule has 4 aromatic rings. The van der Waals surface area contributed by atoms with Crippen LogP contribution >= 0.6 is 0 Å². The molecule has 1 aliphatic heterocycles. The van der Waals surface area contributed by atoms with Crippen LogP contribution in [0.2, 0.25) is 0 Å². The van der Waals surface area contributed by atoms with Crippen molar-refractivity contribution in [3.8, 4) is 11.1 Å². The Kier molecular flexibility index (Phi) is 4.05. The van der Waals surface area contributed by atoms with E-state index < -0.39 is 0 Å². The zero-order chi connectivity index (χ0) is 19.8. The average molecular weight is 382 g/mol. The number of H-pyrrole nitrogens is 1. The molecular formula is C22H18N6O. The summed E-state index contributed by atoms with van der Waals surface area (Å²) in [5.74, 6) is 0.621. The van der Waals surface area contributed by atoms with Crippen molar-refractivity contribution in [2.24, 2.45) is 4.99 Å². The fourth-order valence-electron chi connectivity index (χ4n) is 3.49. The predicted molar refractivity (Wildman–Crippen MR) is 114 cm³/mol. The smallest absolute Gasteiger partial charge is 0.221 e. The first-order chi connectivity index (χ1) is 14.2. The molecule has 5 rings (SSSR count). The molecule has 1 amide bonds. The number of carbonyl (C=O) groups excluding carboxylic acids is 1. The van der Waals surface area contributed by atoms with Crippen LogP contribution in [-0.2, 0) is 11.3 Å². The molecule has 0 saturated carbocycles. The van der Waals surface area contributed by atoms with Gasteiger partial charge < -0.3 is 10.6 Å². The van der Waals surface area contributed by atoms with E-state index in [0.717, 1.165) is 44.8 Å². The molecule has 0 bridgehead atoms. The summed E-state index contributed by atoms with van der Waals surface area (Å²) < 4.78 is 0. The fourth-order valence-corrected chi connectivity index (χ4v) is 3.49. The molecule has 0 unspecified atom stereocenters. The first-order valence-corrected chi connectivity index (χ1v) is 9.28. The lowest BCUT2D eigenvalue weighted by molar-refractivity contribution is -0.114. The Morgan fingerprint density at radius 3 is 2.86 bits per heavy atom. The van der Waals surface area contributed by atoms with Crippen LogP contribution < -0.4 is 10.6 Å². The highest BCUT2D eigenvalue weighted by Gasteiger charge is 2.18. The molecule has 2 aromatic heterocycles. The van der Waals surface area contributed by atoms with Crippen molar-refractivity contribution in [1.29, 1.82) is 0 Å². The van der Waals surface area contributed by atoms with Gasteiger partial charge in [0.2, 0.25) is 5.91 Å². The van der Waals surface area contributed by atoms with Gasteiger partial charge in [0.15, 0.2) is 5.84 Å². The third kappa shape index (κ3) is 3.23. The minimum Gasteiger partial charge on any atom is -0.338 e. The van der Waals surface area contributed by atoms with Crippen molar-refractivity contribution in [3.05, 3.63) is 72.2 Å². The number of nitrogens with one attached hydrogen (secondary N) is 3. The Labute approximate surface area is 166 Å². The molecule has 3 N–H and O–H groups in total. The Hall–Kier alpha value is -4.00. The number of amides is 1. The molecule has 29 heavy (non-hydrogen) atoms. The number of amidine groups is 1. The van der Waals surface area contributed by atoms with Crippen molar-refractivity contribution in [1.82, 2.24) is 15.2 Å². The number of aromatic nitrogens is 3.